The smallest absolute Gasteiger partial charge is 0.120 e. The highest BCUT2D eigenvalue weighted by molar-refractivity contribution is 5.29. The standard InChI is InChI=1S/C14H23NO2/c1-14(2,3)17-12-7-5-11(6-8-12)13(16)9-10-15-4/h5-8,13,15-16H,9-10H2,1-4H3. The second-order valence-corrected chi connectivity index (χ2v) is 5.19. The molecule has 1 aromatic rings. The summed E-state index contributed by atoms with van der Waals surface area (Å²) in [7, 11) is 1.88. The number of hydrogen-bond donors (Lipinski definition) is 2. The van der Waals surface area contributed by atoms with Gasteiger partial charge in [0.1, 0.15) is 11.4 Å². The molecule has 0 aliphatic rings. The highest BCUT2D eigenvalue weighted by atomic mass is 16.5. The first-order chi connectivity index (χ1) is 7.92. The third-order valence-corrected chi connectivity index (χ3v) is 2.36. The van der Waals surface area contributed by atoms with Crippen LogP contribution < -0.4 is 10.1 Å². The molecule has 0 heterocycles. The molecule has 0 fully saturated rings. The molecule has 0 radical (unpaired) electrons. The fourth-order valence-corrected chi connectivity index (χ4v) is 1.56. The van der Waals surface area contributed by atoms with Crippen LogP contribution >= 0.6 is 0 Å². The fourth-order valence-electron chi connectivity index (χ4n) is 1.56. The summed E-state index contributed by atoms with van der Waals surface area (Å²) in [6.45, 7) is 6.86. The lowest BCUT2D eigenvalue weighted by Crippen LogP contribution is -2.22. The van der Waals surface area contributed by atoms with Crippen LogP contribution in [0.15, 0.2) is 24.3 Å². The summed E-state index contributed by atoms with van der Waals surface area (Å²) in [4.78, 5) is 0. The summed E-state index contributed by atoms with van der Waals surface area (Å²) in [5, 5.41) is 12.9. The van der Waals surface area contributed by atoms with Gasteiger partial charge in [-0.25, -0.2) is 0 Å². The molecule has 2 N–H and O–H groups in total. The van der Waals surface area contributed by atoms with Crippen molar-refractivity contribution in [2.45, 2.75) is 38.9 Å². The fraction of sp³-hybridized carbons (Fsp3) is 0.571. The number of rotatable bonds is 5. The van der Waals surface area contributed by atoms with Gasteiger partial charge in [0.05, 0.1) is 6.10 Å². The SMILES string of the molecule is CNCCC(O)c1ccc(OC(C)(C)C)cc1. The van der Waals surface area contributed by atoms with Crippen molar-refractivity contribution in [1.82, 2.24) is 5.32 Å². The van der Waals surface area contributed by atoms with Crippen LogP contribution in [-0.4, -0.2) is 24.3 Å². The second kappa shape index (κ2) is 6.03. The number of ether oxygens (including phenoxy) is 1. The highest BCUT2D eigenvalue weighted by Gasteiger charge is 2.12. The average molecular weight is 237 g/mol. The Balaban J connectivity index is 2.61. The Morgan fingerprint density at radius 3 is 2.29 bits per heavy atom. The number of aliphatic hydroxyl groups excluding tert-OH is 1. The van der Waals surface area contributed by atoms with E-state index in [1.807, 2.05) is 52.1 Å². The molecular weight excluding hydrogens is 214 g/mol. The lowest BCUT2D eigenvalue weighted by molar-refractivity contribution is 0.130. The van der Waals surface area contributed by atoms with Gasteiger partial charge in [0.15, 0.2) is 0 Å². The summed E-state index contributed by atoms with van der Waals surface area (Å²) in [6, 6.07) is 7.65. The van der Waals surface area contributed by atoms with E-state index in [2.05, 4.69) is 5.32 Å². The molecule has 0 spiro atoms. The second-order valence-electron chi connectivity index (χ2n) is 5.19. The van der Waals surface area contributed by atoms with Crippen molar-refractivity contribution < 1.29 is 9.84 Å². The van der Waals surface area contributed by atoms with Crippen LogP contribution in [-0.2, 0) is 0 Å². The van der Waals surface area contributed by atoms with Crippen LogP contribution in [0.1, 0.15) is 38.9 Å². The summed E-state index contributed by atoms with van der Waals surface area (Å²) in [5.41, 5.74) is 0.744. The van der Waals surface area contributed by atoms with Gasteiger partial charge in [-0.05, 0) is 58.5 Å². The zero-order chi connectivity index (χ0) is 12.9. The third-order valence-electron chi connectivity index (χ3n) is 2.36. The minimum atomic E-state index is -0.411. The predicted octanol–water partition coefficient (Wildman–Crippen LogP) is 2.51. The van der Waals surface area contributed by atoms with Crippen molar-refractivity contribution >= 4 is 0 Å². The molecule has 0 aliphatic heterocycles. The van der Waals surface area contributed by atoms with E-state index in [0.29, 0.717) is 0 Å². The van der Waals surface area contributed by atoms with Gasteiger partial charge in [-0.1, -0.05) is 12.1 Å². The molecule has 1 atom stereocenters. The molecule has 3 heteroatoms. The maximum absolute atomic E-state index is 9.89. The summed E-state index contributed by atoms with van der Waals surface area (Å²) >= 11 is 0. The van der Waals surface area contributed by atoms with Crippen molar-refractivity contribution in [2.24, 2.45) is 0 Å². The molecule has 1 aromatic carbocycles. The molecule has 0 aromatic heterocycles. The van der Waals surface area contributed by atoms with Gasteiger partial charge in [0, 0.05) is 0 Å². The molecule has 0 amide bonds. The molecule has 0 saturated heterocycles. The van der Waals surface area contributed by atoms with Gasteiger partial charge < -0.3 is 15.2 Å². The molecule has 0 saturated carbocycles. The highest BCUT2D eigenvalue weighted by Crippen LogP contribution is 2.22. The summed E-state index contributed by atoms with van der Waals surface area (Å²) < 4.78 is 5.72. The quantitative estimate of drug-likeness (QED) is 0.826. The van der Waals surface area contributed by atoms with Gasteiger partial charge in [-0.3, -0.25) is 0 Å². The Morgan fingerprint density at radius 1 is 1.24 bits per heavy atom. The largest absolute Gasteiger partial charge is 0.488 e. The van der Waals surface area contributed by atoms with E-state index in [9.17, 15) is 5.11 Å². The van der Waals surface area contributed by atoms with Crippen molar-refractivity contribution in [3.63, 3.8) is 0 Å². The van der Waals surface area contributed by atoms with Crippen molar-refractivity contribution in [1.29, 1.82) is 0 Å². The van der Waals surface area contributed by atoms with Gasteiger partial charge in [0.2, 0.25) is 0 Å². The minimum absolute atomic E-state index is 0.188. The Hall–Kier alpha value is -1.06. The van der Waals surface area contributed by atoms with Gasteiger partial charge >= 0.3 is 0 Å². The van der Waals surface area contributed by atoms with Crippen LogP contribution in [0.25, 0.3) is 0 Å². The molecule has 3 nitrogen and oxygen atoms in total. The number of hydrogen-bond acceptors (Lipinski definition) is 3. The lowest BCUT2D eigenvalue weighted by Gasteiger charge is -2.21. The van der Waals surface area contributed by atoms with Crippen LogP contribution in [0, 0.1) is 0 Å². The molecular formula is C14H23NO2. The Morgan fingerprint density at radius 2 is 1.82 bits per heavy atom. The molecule has 1 rings (SSSR count). The van der Waals surface area contributed by atoms with E-state index in [4.69, 9.17) is 4.74 Å². The summed E-state index contributed by atoms with van der Waals surface area (Å²) in [5.74, 6) is 0.835. The first kappa shape index (κ1) is 14.0. The van der Waals surface area contributed by atoms with Crippen molar-refractivity contribution in [3.05, 3.63) is 29.8 Å². The number of aliphatic hydroxyl groups is 1. The van der Waals surface area contributed by atoms with Crippen LogP contribution in [0.2, 0.25) is 0 Å². The minimum Gasteiger partial charge on any atom is -0.488 e. The molecule has 1 unspecified atom stereocenters. The van der Waals surface area contributed by atoms with Gasteiger partial charge in [0.25, 0.3) is 0 Å². The topological polar surface area (TPSA) is 41.5 Å². The normalized spacial score (nSPS) is 13.5. The van der Waals surface area contributed by atoms with E-state index in [-0.39, 0.29) is 5.60 Å². The first-order valence-electron chi connectivity index (χ1n) is 6.04. The zero-order valence-electron chi connectivity index (χ0n) is 11.2. The van der Waals surface area contributed by atoms with E-state index in [0.717, 1.165) is 24.3 Å². The molecule has 17 heavy (non-hydrogen) atoms. The maximum atomic E-state index is 9.89. The van der Waals surface area contributed by atoms with Crippen LogP contribution in [0.5, 0.6) is 5.75 Å². The number of nitrogens with one attached hydrogen (secondary N) is 1. The van der Waals surface area contributed by atoms with Crippen molar-refractivity contribution in [2.75, 3.05) is 13.6 Å². The Kier molecular flexibility index (Phi) is 4.97. The lowest BCUT2D eigenvalue weighted by atomic mass is 10.1. The molecule has 0 bridgehead atoms. The summed E-state index contributed by atoms with van der Waals surface area (Å²) in [6.07, 6.45) is 0.307. The van der Waals surface area contributed by atoms with Gasteiger partial charge in [-0.15, -0.1) is 0 Å². The van der Waals surface area contributed by atoms with Crippen LogP contribution in [0.4, 0.5) is 0 Å². The zero-order valence-corrected chi connectivity index (χ0v) is 11.2. The van der Waals surface area contributed by atoms with Crippen LogP contribution in [0.3, 0.4) is 0 Å². The van der Waals surface area contributed by atoms with E-state index in [1.54, 1.807) is 0 Å². The molecule has 96 valence electrons. The van der Waals surface area contributed by atoms with E-state index < -0.39 is 6.10 Å². The average Bonchev–Trinajstić information content (AvgIpc) is 2.24. The predicted molar refractivity (Wildman–Crippen MR) is 70.3 cm³/mol. The molecule has 0 aliphatic carbocycles. The van der Waals surface area contributed by atoms with Crippen molar-refractivity contribution in [3.8, 4) is 5.75 Å². The van der Waals surface area contributed by atoms with Gasteiger partial charge in [-0.2, -0.15) is 0 Å². The number of benzene rings is 1. The third kappa shape index (κ3) is 5.20. The monoisotopic (exact) mass is 237 g/mol. The maximum Gasteiger partial charge on any atom is 0.120 e. The first-order valence-corrected chi connectivity index (χ1v) is 6.04. The Labute approximate surface area is 104 Å². The van der Waals surface area contributed by atoms with E-state index in [1.165, 1.54) is 0 Å². The van der Waals surface area contributed by atoms with E-state index >= 15 is 0 Å². The Bertz CT molecular complexity index is 327.